The highest BCUT2D eigenvalue weighted by Crippen LogP contribution is 2.28. The van der Waals surface area contributed by atoms with Crippen molar-refractivity contribution in [3.63, 3.8) is 0 Å². The van der Waals surface area contributed by atoms with E-state index in [0.717, 1.165) is 31.9 Å². The molecule has 3 heteroatoms. The molecule has 1 saturated heterocycles. The highest BCUT2D eigenvalue weighted by Gasteiger charge is 2.25. The average Bonchev–Trinajstić information content (AvgIpc) is 2.37. The number of ether oxygens (including phenoxy) is 1. The Kier molecular flexibility index (Phi) is 4.71. The lowest BCUT2D eigenvalue weighted by Crippen LogP contribution is -2.56. The second-order valence-corrected chi connectivity index (χ2v) is 6.75. The van der Waals surface area contributed by atoms with Crippen LogP contribution in [-0.4, -0.2) is 37.2 Å². The highest BCUT2D eigenvalue weighted by molar-refractivity contribution is 5.39. The molecular weight excluding hydrogens is 248 g/mol. The fourth-order valence-electron chi connectivity index (χ4n) is 2.97. The zero-order valence-electron chi connectivity index (χ0n) is 13.5. The fourth-order valence-corrected chi connectivity index (χ4v) is 2.97. The van der Waals surface area contributed by atoms with Crippen LogP contribution in [-0.2, 0) is 6.54 Å². The monoisotopic (exact) mass is 276 g/mol. The summed E-state index contributed by atoms with van der Waals surface area (Å²) in [6.45, 7) is 13.3. The van der Waals surface area contributed by atoms with Gasteiger partial charge in [-0.15, -0.1) is 0 Å². The molecule has 0 atom stereocenters. The summed E-state index contributed by atoms with van der Waals surface area (Å²) >= 11 is 0. The number of hydrogen-bond acceptors (Lipinski definition) is 3. The smallest absolute Gasteiger partial charge is 0.122 e. The Morgan fingerprint density at radius 1 is 1.35 bits per heavy atom. The van der Waals surface area contributed by atoms with E-state index in [1.54, 1.807) is 7.11 Å². The molecular formula is C17H28N2O. The molecule has 1 heterocycles. The molecule has 0 bridgehead atoms. The zero-order valence-corrected chi connectivity index (χ0v) is 13.5. The van der Waals surface area contributed by atoms with Gasteiger partial charge < -0.3 is 10.1 Å². The van der Waals surface area contributed by atoms with Crippen LogP contribution < -0.4 is 10.1 Å². The Labute approximate surface area is 123 Å². The molecule has 3 nitrogen and oxygen atoms in total. The van der Waals surface area contributed by atoms with Crippen LogP contribution >= 0.6 is 0 Å². The number of piperazine rings is 1. The van der Waals surface area contributed by atoms with Crippen LogP contribution in [0, 0.1) is 0 Å². The summed E-state index contributed by atoms with van der Waals surface area (Å²) < 4.78 is 5.46. The Hall–Kier alpha value is -1.06. The predicted octanol–water partition coefficient (Wildman–Crippen LogP) is 3.00. The first-order valence-electron chi connectivity index (χ1n) is 7.55. The van der Waals surface area contributed by atoms with Gasteiger partial charge in [-0.25, -0.2) is 0 Å². The van der Waals surface area contributed by atoms with Gasteiger partial charge in [0.25, 0.3) is 0 Å². The molecule has 2 rings (SSSR count). The van der Waals surface area contributed by atoms with E-state index in [-0.39, 0.29) is 5.54 Å². The quantitative estimate of drug-likeness (QED) is 0.915. The molecule has 0 amide bonds. The van der Waals surface area contributed by atoms with Gasteiger partial charge in [0.15, 0.2) is 0 Å². The number of hydrogen-bond donors (Lipinski definition) is 1. The first-order valence-corrected chi connectivity index (χ1v) is 7.55. The van der Waals surface area contributed by atoms with Crippen molar-refractivity contribution in [3.8, 4) is 5.75 Å². The van der Waals surface area contributed by atoms with Crippen molar-refractivity contribution in [2.75, 3.05) is 26.7 Å². The lowest BCUT2D eigenvalue weighted by molar-refractivity contribution is 0.148. The molecule has 0 saturated carbocycles. The molecule has 1 N–H and O–H groups in total. The standard InChI is InChI=1S/C17H28N2O/c1-13(2)15-10-14(6-7-16(15)20-5)11-19-9-8-18-17(3,4)12-19/h6-7,10,13,18H,8-9,11-12H2,1-5H3. The summed E-state index contributed by atoms with van der Waals surface area (Å²) in [6, 6.07) is 6.61. The molecule has 1 aromatic carbocycles. The number of rotatable bonds is 4. The lowest BCUT2D eigenvalue weighted by Gasteiger charge is -2.39. The number of methoxy groups -OCH3 is 1. The van der Waals surface area contributed by atoms with E-state index in [9.17, 15) is 0 Å². The Morgan fingerprint density at radius 3 is 2.70 bits per heavy atom. The third-order valence-electron chi connectivity index (χ3n) is 3.97. The average molecular weight is 276 g/mol. The van der Waals surface area contributed by atoms with Crippen LogP contribution in [0.5, 0.6) is 5.75 Å². The summed E-state index contributed by atoms with van der Waals surface area (Å²) in [5, 5.41) is 3.56. The number of benzene rings is 1. The van der Waals surface area contributed by atoms with E-state index in [0.29, 0.717) is 5.92 Å². The van der Waals surface area contributed by atoms with Gasteiger partial charge in [-0.2, -0.15) is 0 Å². The predicted molar refractivity (Wildman–Crippen MR) is 84.4 cm³/mol. The molecule has 1 aromatic rings. The Bertz CT molecular complexity index is 454. The van der Waals surface area contributed by atoms with Gasteiger partial charge in [-0.3, -0.25) is 4.90 Å². The maximum atomic E-state index is 5.46. The third-order valence-corrected chi connectivity index (χ3v) is 3.97. The molecule has 112 valence electrons. The van der Waals surface area contributed by atoms with Gasteiger partial charge in [0.05, 0.1) is 7.11 Å². The van der Waals surface area contributed by atoms with Crippen LogP contribution in [0.15, 0.2) is 18.2 Å². The van der Waals surface area contributed by atoms with Gasteiger partial charge in [0, 0.05) is 31.7 Å². The summed E-state index contributed by atoms with van der Waals surface area (Å²) in [7, 11) is 1.75. The molecule has 0 aromatic heterocycles. The molecule has 0 unspecified atom stereocenters. The van der Waals surface area contributed by atoms with E-state index in [1.165, 1.54) is 11.1 Å². The molecule has 0 radical (unpaired) electrons. The third kappa shape index (κ3) is 3.74. The zero-order chi connectivity index (χ0) is 14.8. The largest absolute Gasteiger partial charge is 0.496 e. The van der Waals surface area contributed by atoms with E-state index in [1.807, 2.05) is 0 Å². The second kappa shape index (κ2) is 6.15. The summed E-state index contributed by atoms with van der Waals surface area (Å²) in [5.74, 6) is 1.49. The molecule has 1 aliphatic heterocycles. The van der Waals surface area contributed by atoms with Crippen molar-refractivity contribution >= 4 is 0 Å². The van der Waals surface area contributed by atoms with E-state index >= 15 is 0 Å². The summed E-state index contributed by atoms with van der Waals surface area (Å²) in [4.78, 5) is 2.53. The van der Waals surface area contributed by atoms with Crippen LogP contribution in [0.4, 0.5) is 0 Å². The van der Waals surface area contributed by atoms with Gasteiger partial charge in [-0.05, 0) is 37.0 Å². The van der Waals surface area contributed by atoms with Gasteiger partial charge in [0.2, 0.25) is 0 Å². The molecule has 20 heavy (non-hydrogen) atoms. The van der Waals surface area contributed by atoms with E-state index in [4.69, 9.17) is 4.74 Å². The minimum Gasteiger partial charge on any atom is -0.496 e. The summed E-state index contributed by atoms with van der Waals surface area (Å²) in [6.07, 6.45) is 0. The Balaban J connectivity index is 2.11. The molecule has 0 spiro atoms. The minimum absolute atomic E-state index is 0.214. The maximum absolute atomic E-state index is 5.46. The van der Waals surface area contributed by atoms with Crippen molar-refractivity contribution in [2.45, 2.75) is 45.7 Å². The second-order valence-electron chi connectivity index (χ2n) is 6.75. The maximum Gasteiger partial charge on any atom is 0.122 e. The topological polar surface area (TPSA) is 24.5 Å². The van der Waals surface area contributed by atoms with E-state index < -0.39 is 0 Å². The normalized spacial score (nSPS) is 19.3. The summed E-state index contributed by atoms with van der Waals surface area (Å²) in [5.41, 5.74) is 2.90. The van der Waals surface area contributed by atoms with Crippen LogP contribution in [0.3, 0.4) is 0 Å². The van der Waals surface area contributed by atoms with Crippen molar-refractivity contribution in [1.82, 2.24) is 10.2 Å². The molecule has 1 fully saturated rings. The van der Waals surface area contributed by atoms with Crippen molar-refractivity contribution < 1.29 is 4.74 Å². The Morgan fingerprint density at radius 2 is 2.10 bits per heavy atom. The van der Waals surface area contributed by atoms with Crippen LogP contribution in [0.1, 0.15) is 44.7 Å². The van der Waals surface area contributed by atoms with Crippen LogP contribution in [0.2, 0.25) is 0 Å². The van der Waals surface area contributed by atoms with Crippen molar-refractivity contribution in [1.29, 1.82) is 0 Å². The fraction of sp³-hybridized carbons (Fsp3) is 0.647. The minimum atomic E-state index is 0.214. The number of nitrogens with zero attached hydrogens (tertiary/aromatic N) is 1. The highest BCUT2D eigenvalue weighted by atomic mass is 16.5. The van der Waals surface area contributed by atoms with Crippen molar-refractivity contribution in [2.24, 2.45) is 0 Å². The van der Waals surface area contributed by atoms with E-state index in [2.05, 4.69) is 56.1 Å². The van der Waals surface area contributed by atoms with Gasteiger partial charge in [-0.1, -0.05) is 26.0 Å². The first kappa shape index (κ1) is 15.3. The SMILES string of the molecule is COc1ccc(CN2CCNC(C)(C)C2)cc1C(C)C. The van der Waals surface area contributed by atoms with Gasteiger partial charge in [0.1, 0.15) is 5.75 Å². The number of nitrogens with one attached hydrogen (secondary N) is 1. The molecule has 1 aliphatic rings. The van der Waals surface area contributed by atoms with Gasteiger partial charge >= 0.3 is 0 Å². The van der Waals surface area contributed by atoms with Crippen molar-refractivity contribution in [3.05, 3.63) is 29.3 Å². The lowest BCUT2D eigenvalue weighted by atomic mass is 9.98. The first-order chi connectivity index (χ1) is 9.41. The molecule has 0 aliphatic carbocycles. The van der Waals surface area contributed by atoms with Crippen LogP contribution in [0.25, 0.3) is 0 Å².